The van der Waals surface area contributed by atoms with Gasteiger partial charge >= 0.3 is 5.69 Å². The maximum atomic E-state index is 10.8. The number of azo groups is 1. The molecule has 1 aromatic carbocycles. The topological polar surface area (TPSA) is 73.4 Å². The summed E-state index contributed by atoms with van der Waals surface area (Å²) in [6.45, 7) is 7.27. The molecule has 2 aromatic rings. The third-order valence-corrected chi connectivity index (χ3v) is 1.94. The zero-order valence-electron chi connectivity index (χ0n) is 10.2. The molecule has 1 aromatic heterocycles. The molecule has 5 heteroatoms. The normalized spacial score (nSPS) is 10.3. The second-order valence-corrected chi connectivity index (χ2v) is 3.66. The molecule has 0 aliphatic carbocycles. The first kappa shape index (κ1) is 12.9. The van der Waals surface area contributed by atoms with Crippen LogP contribution in [-0.2, 0) is 0 Å². The predicted molar refractivity (Wildman–Crippen MR) is 73.5 cm³/mol. The highest BCUT2D eigenvalue weighted by molar-refractivity contribution is 5.74. The number of rotatable bonds is 1. The van der Waals surface area contributed by atoms with E-state index < -0.39 is 0 Å². The number of benzene rings is 1. The summed E-state index contributed by atoms with van der Waals surface area (Å²) in [6.07, 6.45) is 0. The largest absolute Gasteiger partial charge is 0.323 e. The van der Waals surface area contributed by atoms with Gasteiger partial charge in [0.25, 0.3) is 0 Å². The molecular weight excluding hydrogens is 216 g/mol. The van der Waals surface area contributed by atoms with Crippen molar-refractivity contribution in [1.82, 2.24) is 9.97 Å². The molecule has 0 atom stereocenters. The first-order valence-corrected chi connectivity index (χ1v) is 5.17. The van der Waals surface area contributed by atoms with Gasteiger partial charge in [-0.2, -0.15) is 10.2 Å². The Morgan fingerprint density at radius 3 is 2.53 bits per heavy atom. The van der Waals surface area contributed by atoms with Gasteiger partial charge in [0.05, 0.1) is 16.7 Å². The monoisotopic (exact) mass is 236 g/mol. The van der Waals surface area contributed by atoms with Crippen molar-refractivity contribution in [2.24, 2.45) is 10.2 Å². The van der Waals surface area contributed by atoms with E-state index in [9.17, 15) is 4.79 Å². The molecule has 1 heterocycles. The highest BCUT2D eigenvalue weighted by Crippen LogP contribution is 2.08. The van der Waals surface area contributed by atoms with E-state index in [4.69, 9.17) is 0 Å². The van der Waals surface area contributed by atoms with Crippen molar-refractivity contribution in [2.75, 3.05) is 7.05 Å². The van der Waals surface area contributed by atoms with Crippen LogP contribution in [0.4, 0.5) is 0 Å². The van der Waals surface area contributed by atoms with Gasteiger partial charge in [-0.1, -0.05) is 12.6 Å². The Labute approximate surface area is 102 Å². The van der Waals surface area contributed by atoms with E-state index in [2.05, 4.69) is 26.8 Å². The molecule has 0 spiro atoms. The molecule has 94 valence electrons. The summed E-state index contributed by atoms with van der Waals surface area (Å²) >= 11 is 0. The molecule has 0 bridgehead atoms. The van der Waals surface area contributed by atoms with E-state index in [0.717, 1.165) is 22.3 Å². The number of nitrogens with zero attached hydrogens (tertiary/aromatic N) is 2. The predicted octanol–water partition coefficient (Wildman–Crippen LogP) is 3.26. The summed E-state index contributed by atoms with van der Waals surface area (Å²) < 4.78 is 0. The third kappa shape index (κ3) is 4.06. The van der Waals surface area contributed by atoms with Crippen LogP contribution in [0.25, 0.3) is 11.0 Å². The molecular formula is C12H20N4O. The minimum atomic E-state index is -0.148. The molecule has 0 saturated carbocycles. The lowest BCUT2D eigenvalue weighted by molar-refractivity contribution is 1.09. The number of hydrogen-bond donors (Lipinski definition) is 2. The maximum absolute atomic E-state index is 10.8. The number of fused-ring (bicyclic) bond motifs is 1. The summed E-state index contributed by atoms with van der Waals surface area (Å²) in [5.74, 6) is 0. The molecule has 0 aliphatic rings. The smallest absolute Gasteiger partial charge is 0.306 e. The van der Waals surface area contributed by atoms with Gasteiger partial charge in [-0.15, -0.1) is 0 Å². The Kier molecular flexibility index (Phi) is 4.39. The van der Waals surface area contributed by atoms with Gasteiger partial charge in [-0.05, 0) is 31.5 Å². The number of H-pyrrole nitrogens is 2. The van der Waals surface area contributed by atoms with Crippen molar-refractivity contribution in [3.63, 3.8) is 0 Å². The molecule has 0 aliphatic heterocycles. The quantitative estimate of drug-likeness (QED) is 0.733. The highest BCUT2D eigenvalue weighted by Gasteiger charge is 1.95. The molecule has 2 rings (SSSR count). The molecule has 0 saturated heterocycles. The molecule has 17 heavy (non-hydrogen) atoms. The zero-order valence-corrected chi connectivity index (χ0v) is 10.2. The maximum Gasteiger partial charge on any atom is 0.323 e. The molecule has 0 radical (unpaired) electrons. The van der Waals surface area contributed by atoms with Crippen LogP contribution in [0.3, 0.4) is 0 Å². The number of allylic oxidation sites excluding steroid dienone is 1. The van der Waals surface area contributed by atoms with Crippen LogP contribution in [0, 0.1) is 6.92 Å². The van der Waals surface area contributed by atoms with Crippen molar-refractivity contribution in [2.45, 2.75) is 13.8 Å². The Morgan fingerprint density at radius 2 is 2.00 bits per heavy atom. The minimum Gasteiger partial charge on any atom is -0.306 e. The van der Waals surface area contributed by atoms with E-state index in [-0.39, 0.29) is 8.54 Å². The molecule has 0 amide bonds. The van der Waals surface area contributed by atoms with Crippen LogP contribution in [0.1, 0.15) is 15.3 Å². The SMILES string of the molecule is C=C(C)N=NC.Cc1ccc2[nH]c(=O)[nH]c2c1.[HH].[HH]. The van der Waals surface area contributed by atoms with Crippen molar-refractivity contribution in [1.29, 1.82) is 0 Å². The fourth-order valence-electron chi connectivity index (χ4n) is 1.32. The Balaban J connectivity index is 0. The zero-order chi connectivity index (χ0) is 12.8. The van der Waals surface area contributed by atoms with Gasteiger partial charge in [0.15, 0.2) is 0 Å². The number of nitrogens with one attached hydrogen (secondary N) is 2. The second-order valence-electron chi connectivity index (χ2n) is 3.66. The average Bonchev–Trinajstić information content (AvgIpc) is 2.58. The fraction of sp³-hybridized carbons (Fsp3) is 0.250. The van der Waals surface area contributed by atoms with Crippen LogP contribution >= 0.6 is 0 Å². The summed E-state index contributed by atoms with van der Waals surface area (Å²) in [4.78, 5) is 16.2. The minimum absolute atomic E-state index is 0. The Hall–Kier alpha value is -2.17. The van der Waals surface area contributed by atoms with E-state index in [1.807, 2.05) is 25.1 Å². The van der Waals surface area contributed by atoms with Gasteiger partial charge in [-0.25, -0.2) is 4.79 Å². The Bertz CT molecular complexity index is 601. The van der Waals surface area contributed by atoms with Crippen molar-refractivity contribution < 1.29 is 2.85 Å². The van der Waals surface area contributed by atoms with E-state index >= 15 is 0 Å². The van der Waals surface area contributed by atoms with Crippen LogP contribution in [-0.4, -0.2) is 17.0 Å². The molecule has 0 unspecified atom stereocenters. The van der Waals surface area contributed by atoms with Crippen LogP contribution in [0.15, 0.2) is 45.5 Å². The van der Waals surface area contributed by atoms with Crippen LogP contribution < -0.4 is 5.69 Å². The van der Waals surface area contributed by atoms with Crippen molar-refractivity contribution in [3.05, 3.63) is 46.5 Å². The van der Waals surface area contributed by atoms with Crippen molar-refractivity contribution >= 4 is 11.0 Å². The number of imidazole rings is 1. The second kappa shape index (κ2) is 5.79. The lowest BCUT2D eigenvalue weighted by Gasteiger charge is -1.89. The van der Waals surface area contributed by atoms with Gasteiger partial charge < -0.3 is 9.97 Å². The molecule has 5 nitrogen and oxygen atoms in total. The van der Waals surface area contributed by atoms with Gasteiger partial charge in [0.2, 0.25) is 0 Å². The summed E-state index contributed by atoms with van der Waals surface area (Å²) in [5, 5.41) is 7.02. The standard InChI is InChI=1S/C8H8N2O.C4H8N2.2H2/c1-5-2-3-6-7(4-5)10-8(11)9-6;1-4(2)6-5-3;;/h2-4H,1H3,(H2,9,10,11);1H2,2-3H3;2*1H. The molecule has 0 fully saturated rings. The van der Waals surface area contributed by atoms with E-state index in [1.54, 1.807) is 14.0 Å². The highest BCUT2D eigenvalue weighted by atomic mass is 16.1. The van der Waals surface area contributed by atoms with E-state index in [0.29, 0.717) is 0 Å². The molecule has 2 N–H and O–H groups in total. The van der Waals surface area contributed by atoms with Gasteiger partial charge in [0, 0.05) is 9.90 Å². The number of aryl methyl sites for hydroxylation is 1. The summed E-state index contributed by atoms with van der Waals surface area (Å²) in [7, 11) is 1.62. The lowest BCUT2D eigenvalue weighted by Crippen LogP contribution is -1.99. The van der Waals surface area contributed by atoms with Gasteiger partial charge in [-0.3, -0.25) is 0 Å². The first-order valence-electron chi connectivity index (χ1n) is 5.17. The van der Waals surface area contributed by atoms with E-state index in [1.165, 1.54) is 0 Å². The first-order chi connectivity index (χ1) is 8.02. The summed E-state index contributed by atoms with van der Waals surface area (Å²) in [5.41, 5.74) is 3.48. The number of aromatic nitrogens is 2. The van der Waals surface area contributed by atoms with Crippen molar-refractivity contribution in [3.8, 4) is 0 Å². The average molecular weight is 236 g/mol. The fourth-order valence-corrected chi connectivity index (χ4v) is 1.32. The van der Waals surface area contributed by atoms with Gasteiger partial charge in [0.1, 0.15) is 0 Å². The van der Waals surface area contributed by atoms with Crippen LogP contribution in [0.5, 0.6) is 0 Å². The Morgan fingerprint density at radius 1 is 1.35 bits per heavy atom. The lowest BCUT2D eigenvalue weighted by atomic mass is 10.2. The summed E-state index contributed by atoms with van der Waals surface area (Å²) in [6, 6.07) is 5.79. The third-order valence-electron chi connectivity index (χ3n) is 1.94. The van der Waals surface area contributed by atoms with Crippen LogP contribution in [0.2, 0.25) is 0 Å². The number of hydrogen-bond acceptors (Lipinski definition) is 3. The number of aromatic amines is 2.